The fourth-order valence-electron chi connectivity index (χ4n) is 1.80. The van der Waals surface area contributed by atoms with E-state index < -0.39 is 0 Å². The van der Waals surface area contributed by atoms with E-state index >= 15 is 0 Å². The number of likely N-dealkylation sites (tertiary alicyclic amines) is 1. The number of nitrogens with zero attached hydrogens (tertiary/aromatic N) is 1. The molecule has 76 valence electrons. The molecule has 0 N–H and O–H groups in total. The van der Waals surface area contributed by atoms with Crippen LogP contribution < -0.4 is 0 Å². The van der Waals surface area contributed by atoms with Crippen molar-refractivity contribution in [1.29, 1.82) is 0 Å². The topological polar surface area (TPSA) is 20.3 Å². The van der Waals surface area contributed by atoms with Gasteiger partial charge in [0, 0.05) is 24.9 Å². The van der Waals surface area contributed by atoms with Crippen LogP contribution in [0.25, 0.3) is 0 Å². The molecule has 1 aliphatic heterocycles. The number of halogens is 1. The van der Waals surface area contributed by atoms with Gasteiger partial charge in [0.25, 0.3) is 0 Å². The van der Waals surface area contributed by atoms with Crippen molar-refractivity contribution >= 4 is 17.5 Å². The predicted octanol–water partition coefficient (Wildman–Crippen LogP) is 2.41. The van der Waals surface area contributed by atoms with Gasteiger partial charge in [-0.25, -0.2) is 0 Å². The van der Waals surface area contributed by atoms with Crippen molar-refractivity contribution in [3.05, 3.63) is 0 Å². The number of hydrogen-bond acceptors (Lipinski definition) is 1. The minimum absolute atomic E-state index is 0.296. The van der Waals surface area contributed by atoms with Gasteiger partial charge in [-0.15, -0.1) is 11.6 Å². The van der Waals surface area contributed by atoms with Crippen LogP contribution in [0.2, 0.25) is 0 Å². The fraction of sp³-hybridized carbons (Fsp3) is 0.900. The third-order valence-corrected chi connectivity index (χ3v) is 2.98. The number of carbonyl (C=O) groups is 1. The molecule has 0 aromatic carbocycles. The monoisotopic (exact) mass is 203 g/mol. The maximum absolute atomic E-state index is 11.6. The summed E-state index contributed by atoms with van der Waals surface area (Å²) in [6.45, 7) is 3.02. The van der Waals surface area contributed by atoms with E-state index in [1.165, 1.54) is 0 Å². The molecule has 0 aliphatic carbocycles. The van der Waals surface area contributed by atoms with Gasteiger partial charge < -0.3 is 4.90 Å². The third kappa shape index (κ3) is 2.87. The van der Waals surface area contributed by atoms with Gasteiger partial charge in [-0.2, -0.15) is 0 Å². The van der Waals surface area contributed by atoms with E-state index in [4.69, 9.17) is 11.6 Å². The van der Waals surface area contributed by atoms with Gasteiger partial charge in [0.15, 0.2) is 0 Å². The van der Waals surface area contributed by atoms with Gasteiger partial charge in [0.05, 0.1) is 0 Å². The Bertz CT molecular complexity index is 172. The zero-order valence-corrected chi connectivity index (χ0v) is 9.02. The molecule has 1 unspecified atom stereocenters. The molecule has 1 fully saturated rings. The van der Waals surface area contributed by atoms with Crippen LogP contribution in [-0.4, -0.2) is 29.3 Å². The molecule has 13 heavy (non-hydrogen) atoms. The first-order chi connectivity index (χ1) is 6.29. The van der Waals surface area contributed by atoms with Gasteiger partial charge in [-0.3, -0.25) is 4.79 Å². The molecule has 0 bridgehead atoms. The summed E-state index contributed by atoms with van der Waals surface area (Å²) in [5.74, 6) is 0.891. The number of alkyl halides is 1. The Morgan fingerprint density at radius 3 is 3.00 bits per heavy atom. The molecule has 0 spiro atoms. The van der Waals surface area contributed by atoms with E-state index in [1.807, 2.05) is 4.90 Å². The van der Waals surface area contributed by atoms with Gasteiger partial charge in [0.1, 0.15) is 0 Å². The first-order valence-electron chi connectivity index (χ1n) is 5.15. The molecule has 1 aliphatic rings. The van der Waals surface area contributed by atoms with Gasteiger partial charge in [-0.1, -0.05) is 13.3 Å². The first kappa shape index (κ1) is 10.8. The number of unbranched alkanes of at least 4 members (excludes halogenated alkanes) is 1. The first-order valence-corrected chi connectivity index (χ1v) is 5.68. The standard InChI is InChI=1S/C10H18ClNO/c1-2-3-6-10(13)12-7-4-5-9(12)8-11/h9H,2-8H2,1H3. The van der Waals surface area contributed by atoms with E-state index in [1.54, 1.807) is 0 Å². The largest absolute Gasteiger partial charge is 0.339 e. The zero-order chi connectivity index (χ0) is 9.68. The van der Waals surface area contributed by atoms with Gasteiger partial charge in [0.2, 0.25) is 5.91 Å². The van der Waals surface area contributed by atoms with Crippen LogP contribution in [0.15, 0.2) is 0 Å². The summed E-state index contributed by atoms with van der Waals surface area (Å²) >= 11 is 5.79. The average molecular weight is 204 g/mol. The molecule has 1 amide bonds. The van der Waals surface area contributed by atoms with E-state index in [9.17, 15) is 4.79 Å². The average Bonchev–Trinajstić information content (AvgIpc) is 2.61. The molecule has 1 rings (SSSR count). The van der Waals surface area contributed by atoms with Crippen molar-refractivity contribution in [3.63, 3.8) is 0 Å². The molecule has 2 nitrogen and oxygen atoms in total. The van der Waals surface area contributed by atoms with Crippen molar-refractivity contribution in [2.45, 2.75) is 45.1 Å². The lowest BCUT2D eigenvalue weighted by atomic mass is 10.2. The summed E-state index contributed by atoms with van der Waals surface area (Å²) in [7, 11) is 0. The Labute approximate surface area is 85.2 Å². The SMILES string of the molecule is CCCCC(=O)N1CCCC1CCl. The lowest BCUT2D eigenvalue weighted by molar-refractivity contribution is -0.131. The highest BCUT2D eigenvalue weighted by Crippen LogP contribution is 2.19. The fourth-order valence-corrected chi connectivity index (χ4v) is 2.12. The summed E-state index contributed by atoms with van der Waals surface area (Å²) < 4.78 is 0. The Morgan fingerprint density at radius 2 is 2.38 bits per heavy atom. The molecular formula is C10H18ClNO. The van der Waals surface area contributed by atoms with Crippen molar-refractivity contribution < 1.29 is 4.79 Å². The van der Waals surface area contributed by atoms with E-state index in [2.05, 4.69) is 6.92 Å². The van der Waals surface area contributed by atoms with Crippen LogP contribution in [0.3, 0.4) is 0 Å². The van der Waals surface area contributed by atoms with Crippen LogP contribution in [0.1, 0.15) is 39.0 Å². The van der Waals surface area contributed by atoms with Crippen LogP contribution >= 0.6 is 11.6 Å². The second-order valence-electron chi connectivity index (χ2n) is 3.64. The second-order valence-corrected chi connectivity index (χ2v) is 3.95. The van der Waals surface area contributed by atoms with Gasteiger partial charge in [-0.05, 0) is 19.3 Å². The summed E-state index contributed by atoms with van der Waals surface area (Å²) in [6, 6.07) is 0.311. The maximum atomic E-state index is 11.6. The van der Waals surface area contributed by atoms with Crippen LogP contribution in [0.5, 0.6) is 0 Å². The number of hydrogen-bond donors (Lipinski definition) is 0. The lowest BCUT2D eigenvalue weighted by Crippen LogP contribution is -2.36. The van der Waals surface area contributed by atoms with E-state index in [0.29, 0.717) is 24.2 Å². The summed E-state index contributed by atoms with van der Waals surface area (Å²) in [5.41, 5.74) is 0. The summed E-state index contributed by atoms with van der Waals surface area (Å²) in [6.07, 6.45) is 5.00. The van der Waals surface area contributed by atoms with Crippen molar-refractivity contribution in [3.8, 4) is 0 Å². The Morgan fingerprint density at radius 1 is 1.62 bits per heavy atom. The highest BCUT2D eigenvalue weighted by Gasteiger charge is 2.26. The smallest absolute Gasteiger partial charge is 0.222 e. The highest BCUT2D eigenvalue weighted by molar-refractivity contribution is 6.18. The number of carbonyl (C=O) groups excluding carboxylic acids is 1. The minimum atomic E-state index is 0.296. The van der Waals surface area contributed by atoms with Crippen LogP contribution in [0.4, 0.5) is 0 Å². The van der Waals surface area contributed by atoms with E-state index in [0.717, 1.165) is 32.2 Å². The van der Waals surface area contributed by atoms with Gasteiger partial charge >= 0.3 is 0 Å². The highest BCUT2D eigenvalue weighted by atomic mass is 35.5. The summed E-state index contributed by atoms with van der Waals surface area (Å²) in [5, 5.41) is 0. The molecule has 0 aromatic rings. The maximum Gasteiger partial charge on any atom is 0.222 e. The van der Waals surface area contributed by atoms with Crippen molar-refractivity contribution in [1.82, 2.24) is 4.90 Å². The Hall–Kier alpha value is -0.240. The normalized spacial score (nSPS) is 22.3. The molecule has 0 saturated carbocycles. The van der Waals surface area contributed by atoms with E-state index in [-0.39, 0.29) is 0 Å². The molecule has 1 heterocycles. The number of rotatable bonds is 4. The minimum Gasteiger partial charge on any atom is -0.339 e. The van der Waals surface area contributed by atoms with Crippen LogP contribution in [0, 0.1) is 0 Å². The Balaban J connectivity index is 2.36. The molecule has 3 heteroatoms. The molecule has 0 radical (unpaired) electrons. The second kappa shape index (κ2) is 5.48. The molecular weight excluding hydrogens is 186 g/mol. The lowest BCUT2D eigenvalue weighted by Gasteiger charge is -2.22. The number of amides is 1. The zero-order valence-electron chi connectivity index (χ0n) is 8.26. The molecule has 1 saturated heterocycles. The quantitative estimate of drug-likeness (QED) is 0.643. The van der Waals surface area contributed by atoms with Crippen LogP contribution in [-0.2, 0) is 4.79 Å². The molecule has 0 aromatic heterocycles. The van der Waals surface area contributed by atoms with Crippen molar-refractivity contribution in [2.24, 2.45) is 0 Å². The molecule has 1 atom stereocenters. The van der Waals surface area contributed by atoms with Crippen molar-refractivity contribution in [2.75, 3.05) is 12.4 Å². The third-order valence-electron chi connectivity index (χ3n) is 2.62. The predicted molar refractivity (Wildman–Crippen MR) is 55.0 cm³/mol. The Kier molecular flexibility index (Phi) is 4.57. The summed E-state index contributed by atoms with van der Waals surface area (Å²) in [4.78, 5) is 13.6.